The summed E-state index contributed by atoms with van der Waals surface area (Å²) in [6.45, 7) is 2.06. The standard InChI is InChI=1S/C14H16ClN3O/c1-17-8-7-11(10-17)18-14(15)13(9-16-18)19-12-5-3-2-4-6-12/h2-6,9,11H,7-8,10H2,1H3. The zero-order valence-corrected chi connectivity index (χ0v) is 11.5. The first-order chi connectivity index (χ1) is 9.24. The van der Waals surface area contributed by atoms with E-state index in [9.17, 15) is 0 Å². The van der Waals surface area contributed by atoms with Gasteiger partial charge in [-0.1, -0.05) is 29.8 Å². The van der Waals surface area contributed by atoms with Crippen molar-refractivity contribution in [3.63, 3.8) is 0 Å². The van der Waals surface area contributed by atoms with Crippen molar-refractivity contribution in [3.8, 4) is 11.5 Å². The summed E-state index contributed by atoms with van der Waals surface area (Å²) in [5.41, 5.74) is 0. The van der Waals surface area contributed by atoms with E-state index in [0.717, 1.165) is 25.3 Å². The number of hydrogen-bond acceptors (Lipinski definition) is 3. The average molecular weight is 278 g/mol. The van der Waals surface area contributed by atoms with E-state index in [1.165, 1.54) is 0 Å². The molecule has 3 rings (SSSR count). The molecule has 0 amide bonds. The van der Waals surface area contributed by atoms with Gasteiger partial charge in [0.15, 0.2) is 10.9 Å². The lowest BCUT2D eigenvalue weighted by Crippen LogP contribution is -2.17. The van der Waals surface area contributed by atoms with Crippen LogP contribution in [0.25, 0.3) is 0 Å². The molecule has 0 bridgehead atoms. The normalized spacial score (nSPS) is 19.8. The number of ether oxygens (including phenoxy) is 1. The highest BCUT2D eigenvalue weighted by Crippen LogP contribution is 2.33. The molecule has 1 aromatic heterocycles. The Kier molecular flexibility index (Phi) is 3.44. The molecular weight excluding hydrogens is 262 g/mol. The van der Waals surface area contributed by atoms with Gasteiger partial charge in [-0.2, -0.15) is 5.10 Å². The maximum Gasteiger partial charge on any atom is 0.184 e. The molecule has 1 aromatic carbocycles. The maximum atomic E-state index is 6.36. The minimum atomic E-state index is 0.339. The van der Waals surface area contributed by atoms with Crippen molar-refractivity contribution in [3.05, 3.63) is 41.7 Å². The predicted molar refractivity (Wildman–Crippen MR) is 74.9 cm³/mol. The minimum absolute atomic E-state index is 0.339. The molecular formula is C14H16ClN3O. The second-order valence-electron chi connectivity index (χ2n) is 4.86. The Balaban J connectivity index is 1.79. The van der Waals surface area contributed by atoms with Crippen molar-refractivity contribution in [2.75, 3.05) is 20.1 Å². The topological polar surface area (TPSA) is 30.3 Å². The van der Waals surface area contributed by atoms with Gasteiger partial charge in [0.25, 0.3) is 0 Å². The molecule has 100 valence electrons. The molecule has 0 spiro atoms. The minimum Gasteiger partial charge on any atom is -0.452 e. The Morgan fingerprint density at radius 1 is 1.32 bits per heavy atom. The smallest absolute Gasteiger partial charge is 0.184 e. The molecule has 5 heteroatoms. The zero-order chi connectivity index (χ0) is 13.2. The van der Waals surface area contributed by atoms with E-state index in [2.05, 4.69) is 17.0 Å². The molecule has 1 aliphatic rings. The van der Waals surface area contributed by atoms with E-state index >= 15 is 0 Å². The van der Waals surface area contributed by atoms with Crippen LogP contribution in [0.3, 0.4) is 0 Å². The Hall–Kier alpha value is -1.52. The van der Waals surface area contributed by atoms with Gasteiger partial charge in [-0.05, 0) is 32.1 Å². The molecule has 0 saturated carbocycles. The van der Waals surface area contributed by atoms with Crippen LogP contribution < -0.4 is 4.74 Å². The zero-order valence-electron chi connectivity index (χ0n) is 10.8. The number of likely N-dealkylation sites (tertiary alicyclic amines) is 1. The fraction of sp³-hybridized carbons (Fsp3) is 0.357. The molecule has 1 atom stereocenters. The van der Waals surface area contributed by atoms with Crippen LogP contribution in [-0.4, -0.2) is 34.8 Å². The Labute approximate surface area is 117 Å². The van der Waals surface area contributed by atoms with Gasteiger partial charge in [0.2, 0.25) is 0 Å². The summed E-state index contributed by atoms with van der Waals surface area (Å²) in [5.74, 6) is 1.38. The highest BCUT2D eigenvalue weighted by molar-refractivity contribution is 6.31. The average Bonchev–Trinajstić information content (AvgIpc) is 2.99. The van der Waals surface area contributed by atoms with Crippen molar-refractivity contribution in [1.29, 1.82) is 0 Å². The molecule has 2 heterocycles. The quantitative estimate of drug-likeness (QED) is 0.863. The highest BCUT2D eigenvalue weighted by atomic mass is 35.5. The Morgan fingerprint density at radius 3 is 2.79 bits per heavy atom. The van der Waals surface area contributed by atoms with Crippen molar-refractivity contribution in [2.24, 2.45) is 0 Å². The van der Waals surface area contributed by atoms with E-state index in [-0.39, 0.29) is 0 Å². The van der Waals surface area contributed by atoms with Crippen LogP contribution in [0, 0.1) is 0 Å². The third kappa shape index (κ3) is 2.60. The van der Waals surface area contributed by atoms with E-state index in [0.29, 0.717) is 16.9 Å². The summed E-state index contributed by atoms with van der Waals surface area (Å²) in [5, 5.41) is 4.93. The van der Waals surface area contributed by atoms with Crippen LogP contribution in [0.4, 0.5) is 0 Å². The summed E-state index contributed by atoms with van der Waals surface area (Å²) >= 11 is 6.36. The lowest BCUT2D eigenvalue weighted by molar-refractivity contribution is 0.381. The molecule has 0 radical (unpaired) electrons. The van der Waals surface area contributed by atoms with Gasteiger partial charge in [-0.15, -0.1) is 0 Å². The lowest BCUT2D eigenvalue weighted by Gasteiger charge is -2.12. The fourth-order valence-electron chi connectivity index (χ4n) is 2.38. The van der Waals surface area contributed by atoms with Gasteiger partial charge in [0, 0.05) is 6.54 Å². The SMILES string of the molecule is CN1CCC(n2ncc(Oc3ccccc3)c2Cl)C1. The van der Waals surface area contributed by atoms with E-state index in [1.807, 2.05) is 35.0 Å². The molecule has 0 aliphatic carbocycles. The third-order valence-corrected chi connectivity index (χ3v) is 3.75. The summed E-state index contributed by atoms with van der Waals surface area (Å²) in [4.78, 5) is 2.28. The number of benzene rings is 1. The van der Waals surface area contributed by atoms with Crippen LogP contribution in [0.15, 0.2) is 36.5 Å². The molecule has 1 fully saturated rings. The van der Waals surface area contributed by atoms with Gasteiger partial charge in [0.1, 0.15) is 5.75 Å². The Morgan fingerprint density at radius 2 is 2.11 bits per heavy atom. The van der Waals surface area contributed by atoms with Gasteiger partial charge in [-0.3, -0.25) is 0 Å². The maximum absolute atomic E-state index is 6.36. The monoisotopic (exact) mass is 277 g/mol. The molecule has 0 N–H and O–H groups in total. The predicted octanol–water partition coefficient (Wildman–Crippen LogP) is 3.21. The van der Waals surface area contributed by atoms with Gasteiger partial charge in [-0.25, -0.2) is 4.68 Å². The number of para-hydroxylation sites is 1. The van der Waals surface area contributed by atoms with E-state index < -0.39 is 0 Å². The number of hydrogen-bond donors (Lipinski definition) is 0. The largest absolute Gasteiger partial charge is 0.452 e. The van der Waals surface area contributed by atoms with Crippen LogP contribution in [-0.2, 0) is 0 Å². The van der Waals surface area contributed by atoms with Gasteiger partial charge in [0.05, 0.1) is 12.2 Å². The number of halogens is 1. The molecule has 19 heavy (non-hydrogen) atoms. The number of nitrogens with zero attached hydrogens (tertiary/aromatic N) is 3. The lowest BCUT2D eigenvalue weighted by atomic mass is 10.3. The van der Waals surface area contributed by atoms with Gasteiger partial charge < -0.3 is 9.64 Å². The second-order valence-corrected chi connectivity index (χ2v) is 5.22. The number of aromatic nitrogens is 2. The molecule has 4 nitrogen and oxygen atoms in total. The number of likely N-dealkylation sites (N-methyl/N-ethyl adjacent to an activating group) is 1. The summed E-state index contributed by atoms with van der Waals surface area (Å²) in [6.07, 6.45) is 2.76. The van der Waals surface area contributed by atoms with Crippen LogP contribution in [0.1, 0.15) is 12.5 Å². The first kappa shape index (κ1) is 12.5. The molecule has 1 saturated heterocycles. The Bertz CT molecular complexity index is 555. The van der Waals surface area contributed by atoms with E-state index in [1.54, 1.807) is 6.20 Å². The summed E-state index contributed by atoms with van der Waals surface area (Å²) < 4.78 is 7.61. The van der Waals surface area contributed by atoms with Crippen molar-refractivity contribution in [2.45, 2.75) is 12.5 Å². The first-order valence-electron chi connectivity index (χ1n) is 6.38. The van der Waals surface area contributed by atoms with Crippen molar-refractivity contribution >= 4 is 11.6 Å². The number of rotatable bonds is 3. The molecule has 1 unspecified atom stereocenters. The summed E-state index contributed by atoms with van der Waals surface area (Å²) in [6, 6.07) is 9.95. The van der Waals surface area contributed by atoms with Crippen LogP contribution >= 0.6 is 11.6 Å². The second kappa shape index (κ2) is 5.23. The van der Waals surface area contributed by atoms with Crippen LogP contribution in [0.2, 0.25) is 5.15 Å². The van der Waals surface area contributed by atoms with Crippen molar-refractivity contribution < 1.29 is 4.74 Å². The highest BCUT2D eigenvalue weighted by Gasteiger charge is 2.25. The third-order valence-electron chi connectivity index (χ3n) is 3.39. The summed E-state index contributed by atoms with van der Waals surface area (Å²) in [7, 11) is 2.11. The van der Waals surface area contributed by atoms with Gasteiger partial charge >= 0.3 is 0 Å². The molecule has 1 aliphatic heterocycles. The van der Waals surface area contributed by atoms with E-state index in [4.69, 9.17) is 16.3 Å². The van der Waals surface area contributed by atoms with Crippen LogP contribution in [0.5, 0.6) is 11.5 Å². The van der Waals surface area contributed by atoms with Crippen molar-refractivity contribution in [1.82, 2.24) is 14.7 Å². The molecule has 2 aromatic rings. The first-order valence-corrected chi connectivity index (χ1v) is 6.76. The fourth-order valence-corrected chi connectivity index (χ4v) is 2.65.